The van der Waals surface area contributed by atoms with Crippen molar-refractivity contribution < 1.29 is 53.3 Å². The zero-order valence-corrected chi connectivity index (χ0v) is 31.0. The predicted octanol–water partition coefficient (Wildman–Crippen LogP) is 0.422. The lowest BCUT2D eigenvalue weighted by atomic mass is 10.0. The summed E-state index contributed by atoms with van der Waals surface area (Å²) in [7, 11) is -4.93. The first-order valence-electron chi connectivity index (χ1n) is 18.0. The summed E-state index contributed by atoms with van der Waals surface area (Å²) in [5, 5.41) is 46.7. The van der Waals surface area contributed by atoms with Gasteiger partial charge in [0.2, 0.25) is 23.6 Å². The van der Waals surface area contributed by atoms with E-state index in [0.29, 0.717) is 56.0 Å². The monoisotopic (exact) mass is 787 g/mol. The maximum absolute atomic E-state index is 12.6. The largest absolute Gasteiger partial charge is 0.493 e. The Balaban J connectivity index is 0.986. The van der Waals surface area contributed by atoms with Gasteiger partial charge in [-0.25, -0.2) is 14.0 Å². The molecule has 1 unspecified atom stereocenters. The van der Waals surface area contributed by atoms with Crippen molar-refractivity contribution in [3.05, 3.63) is 5.69 Å². The minimum absolute atomic E-state index is 0.0248. The number of urea groups is 1. The van der Waals surface area contributed by atoms with Crippen molar-refractivity contribution in [1.29, 1.82) is 0 Å². The Morgan fingerprint density at radius 2 is 1.87 bits per heavy atom. The number of ether oxygens (including phenoxy) is 1. The Morgan fingerprint density at radius 1 is 1.09 bits per heavy atom. The fraction of sp³-hybridized carbons (Fsp3) is 0.742. The Kier molecular flexibility index (Phi) is 14.5. The molecule has 0 radical (unpaired) electrons. The number of nitrogens with one attached hydrogen (secondary N) is 4. The van der Waals surface area contributed by atoms with Gasteiger partial charge in [0.05, 0.1) is 30.5 Å². The van der Waals surface area contributed by atoms with Gasteiger partial charge in [-0.1, -0.05) is 12.8 Å². The van der Waals surface area contributed by atoms with E-state index in [0.717, 1.165) is 25.0 Å². The number of aliphatic hydroxyl groups excluding tert-OH is 2. The van der Waals surface area contributed by atoms with Crippen LogP contribution in [-0.2, 0) is 29.8 Å². The highest BCUT2D eigenvalue weighted by Gasteiger charge is 2.42. The van der Waals surface area contributed by atoms with E-state index in [9.17, 15) is 44.1 Å². The van der Waals surface area contributed by atoms with E-state index in [1.807, 2.05) is 11.8 Å². The van der Waals surface area contributed by atoms with Crippen LogP contribution in [0.25, 0.3) is 11.0 Å². The second-order valence-electron chi connectivity index (χ2n) is 13.5. The molecule has 0 spiro atoms. The Labute approximate surface area is 310 Å². The van der Waals surface area contributed by atoms with Gasteiger partial charge in [-0.15, -0.1) is 0 Å². The minimum Gasteiger partial charge on any atom is -0.493 e. The second kappa shape index (κ2) is 18.8. The average Bonchev–Trinajstić information content (AvgIpc) is 3.84. The number of amides is 4. The molecule has 0 saturated carbocycles. The Bertz CT molecular complexity index is 1630. The molecule has 2 aromatic rings. The summed E-state index contributed by atoms with van der Waals surface area (Å²) in [5.74, 6) is -0.146. The number of aryl methyl sites for hydroxylation is 1. The van der Waals surface area contributed by atoms with Gasteiger partial charge < -0.3 is 56.8 Å². The number of nitrogen functional groups attached to an aromatic ring is 1. The third kappa shape index (κ3) is 11.6. The summed E-state index contributed by atoms with van der Waals surface area (Å²) < 4.78 is 23.5. The number of anilines is 1. The molecule has 0 aliphatic carbocycles. The summed E-state index contributed by atoms with van der Waals surface area (Å²) >= 11 is 1.85. The first kappa shape index (κ1) is 40.9. The zero-order chi connectivity index (χ0) is 38.1. The van der Waals surface area contributed by atoms with Crippen LogP contribution in [0, 0.1) is 0 Å². The molecule has 22 heteroatoms. The molecule has 2 aromatic heterocycles. The number of hydrogen-bond acceptors (Lipinski definition) is 14. The van der Waals surface area contributed by atoms with Crippen LogP contribution in [0.15, 0.2) is 0 Å². The molecule has 4 amide bonds. The average molecular weight is 788 g/mol. The fourth-order valence-corrected chi connectivity index (χ4v) is 8.91. The molecule has 20 nitrogen and oxygen atoms in total. The number of carbonyl (C=O) groups excluding carboxylic acids is 3. The molecule has 3 fully saturated rings. The van der Waals surface area contributed by atoms with Crippen LogP contribution in [0.5, 0.6) is 5.88 Å². The standard InChI is InChI=1S/C31H50N9O11PS/c32-30-37-28-26(29(45)38-30)17(39-40(28)25-14-19(42)20(15-41)50-25)8-3-6-12-24(51-52(47,48)49)35-23(44)11-2-1-7-13-33-22(43)10-5-4-9-21-27-18(16-53-21)34-31(46)36-27/h18-21,24-25,27,41-42H,1-16H2,(H,33,43)(H,35,44)(H2,34,36,46)(H2,47,48,49)(H3,32,37,38,45)/t18-,19-,20+,21-,24?,25-,27-/m0/s1. The number of thioether (sulfide) groups is 1. The summed E-state index contributed by atoms with van der Waals surface area (Å²) in [6.07, 6.45) is 2.41. The highest BCUT2D eigenvalue weighted by atomic mass is 32.2. The Morgan fingerprint density at radius 3 is 2.62 bits per heavy atom. The van der Waals surface area contributed by atoms with Crippen molar-refractivity contribution in [3.8, 4) is 5.88 Å². The second-order valence-corrected chi connectivity index (χ2v) is 16.0. The zero-order valence-electron chi connectivity index (χ0n) is 29.3. The first-order chi connectivity index (χ1) is 25.3. The quantitative estimate of drug-likeness (QED) is 0.0355. The van der Waals surface area contributed by atoms with Crippen molar-refractivity contribution in [2.75, 3.05) is 24.6 Å². The van der Waals surface area contributed by atoms with Gasteiger partial charge in [0.25, 0.3) is 0 Å². The molecule has 11 N–H and O–H groups in total. The van der Waals surface area contributed by atoms with Crippen LogP contribution >= 0.6 is 19.6 Å². The van der Waals surface area contributed by atoms with Gasteiger partial charge in [-0.3, -0.25) is 14.1 Å². The summed E-state index contributed by atoms with van der Waals surface area (Å²) in [4.78, 5) is 63.2. The normalized spacial score (nSPS) is 24.6. The fourth-order valence-electron chi connectivity index (χ4n) is 6.88. The number of hydrogen-bond donors (Lipinski definition) is 10. The van der Waals surface area contributed by atoms with Crippen LogP contribution in [0.3, 0.4) is 0 Å². The minimum atomic E-state index is -4.93. The number of aliphatic hydroxyl groups is 2. The van der Waals surface area contributed by atoms with E-state index < -0.39 is 50.9 Å². The molecule has 0 aromatic carbocycles. The van der Waals surface area contributed by atoms with Crippen molar-refractivity contribution in [2.45, 2.75) is 125 Å². The van der Waals surface area contributed by atoms with Crippen LogP contribution in [-0.4, -0.2) is 117 Å². The van der Waals surface area contributed by atoms with Gasteiger partial charge in [0, 0.05) is 36.8 Å². The molecule has 7 atom stereocenters. The molecule has 53 heavy (non-hydrogen) atoms. The third-order valence-electron chi connectivity index (χ3n) is 9.48. The van der Waals surface area contributed by atoms with Gasteiger partial charge >= 0.3 is 13.9 Å². The van der Waals surface area contributed by atoms with E-state index in [-0.39, 0.29) is 66.7 Å². The Hall–Kier alpha value is -3.30. The van der Waals surface area contributed by atoms with E-state index >= 15 is 0 Å². The number of phosphoric acid groups is 1. The molecular formula is C31H50N9O11PS. The summed E-state index contributed by atoms with van der Waals surface area (Å²) in [5.41, 5.74) is 6.32. The lowest BCUT2D eigenvalue weighted by molar-refractivity contribution is -0.124. The number of nitrogens with zero attached hydrogens (tertiary/aromatic N) is 4. The number of rotatable bonds is 21. The van der Waals surface area contributed by atoms with Crippen LogP contribution in [0.4, 0.5) is 10.7 Å². The first-order valence-corrected chi connectivity index (χ1v) is 20.6. The van der Waals surface area contributed by atoms with Crippen LogP contribution in [0.2, 0.25) is 0 Å². The molecule has 296 valence electrons. The van der Waals surface area contributed by atoms with Gasteiger partial charge in [-0.05, 0) is 51.4 Å². The lowest BCUT2D eigenvalue weighted by Crippen LogP contribution is -2.36. The summed E-state index contributed by atoms with van der Waals surface area (Å²) in [6.45, 7) is 0.0828. The highest BCUT2D eigenvalue weighted by Crippen LogP contribution is 2.38. The topological polar surface area (TPSA) is 306 Å². The van der Waals surface area contributed by atoms with E-state index in [1.165, 1.54) is 4.68 Å². The maximum Gasteiger partial charge on any atom is 0.471 e. The maximum atomic E-state index is 12.6. The number of carbonyl (C=O) groups is 3. The van der Waals surface area contributed by atoms with Gasteiger partial charge in [0.1, 0.15) is 17.7 Å². The third-order valence-corrected chi connectivity index (χ3v) is 11.5. The van der Waals surface area contributed by atoms with E-state index in [1.54, 1.807) is 0 Å². The van der Waals surface area contributed by atoms with Crippen molar-refractivity contribution in [3.63, 3.8) is 0 Å². The molecule has 3 aliphatic heterocycles. The SMILES string of the molecule is Nc1nc(O)c2c(CCCCC(NC(=O)CCCCCNC(=O)CCCC[C@@H]3SC[C@@H]4NC(=O)N[C@@H]43)OP(=O)(O)O)nn([C@@H]3C[C@H](O)[C@@H](CO)O3)c2n1. The highest BCUT2D eigenvalue weighted by molar-refractivity contribution is 8.00. The van der Waals surface area contributed by atoms with Gasteiger partial charge in [0.15, 0.2) is 11.9 Å². The molecule has 5 heterocycles. The van der Waals surface area contributed by atoms with Crippen molar-refractivity contribution in [1.82, 2.24) is 41.0 Å². The van der Waals surface area contributed by atoms with Crippen molar-refractivity contribution in [2.24, 2.45) is 0 Å². The number of phosphoric ester groups is 1. The number of fused-ring (bicyclic) bond motifs is 2. The molecule has 3 saturated heterocycles. The predicted molar refractivity (Wildman–Crippen MR) is 191 cm³/mol. The van der Waals surface area contributed by atoms with E-state index in [4.69, 9.17) is 15.0 Å². The molecule has 5 rings (SSSR count). The number of aromatic hydroxyl groups is 1. The molecular weight excluding hydrogens is 737 g/mol. The lowest BCUT2D eigenvalue weighted by Gasteiger charge is -2.19. The number of unbranched alkanes of at least 4 members (excludes halogenated alkanes) is 4. The molecule has 3 aliphatic rings. The molecule has 0 bridgehead atoms. The smallest absolute Gasteiger partial charge is 0.471 e. The number of aromatic nitrogens is 4. The van der Waals surface area contributed by atoms with E-state index in [2.05, 4.69) is 36.3 Å². The van der Waals surface area contributed by atoms with Gasteiger partial charge in [-0.2, -0.15) is 26.8 Å². The summed E-state index contributed by atoms with van der Waals surface area (Å²) in [6, 6.07) is 0.249. The van der Waals surface area contributed by atoms with Crippen LogP contribution < -0.4 is 27.0 Å². The van der Waals surface area contributed by atoms with Crippen LogP contribution in [0.1, 0.15) is 89.0 Å². The number of nitrogens with two attached hydrogens (primary N) is 1. The van der Waals surface area contributed by atoms with Crippen molar-refractivity contribution >= 4 is 54.4 Å².